The van der Waals surface area contributed by atoms with Gasteiger partial charge in [-0.25, -0.2) is 0 Å². The number of aliphatic hydroxyl groups excluding tert-OH is 1. The zero-order valence-electron chi connectivity index (χ0n) is 9.34. The number of hydrogen-bond donors (Lipinski definition) is 2. The number of hydrogen-bond acceptors (Lipinski definition) is 3. The van der Waals surface area contributed by atoms with Gasteiger partial charge in [-0.1, -0.05) is 44.2 Å². The molecule has 1 aromatic rings. The zero-order chi connectivity index (χ0) is 11.8. The van der Waals surface area contributed by atoms with E-state index < -0.39 is 12.1 Å². The van der Waals surface area contributed by atoms with Gasteiger partial charge in [-0.05, 0) is 18.4 Å². The monoisotopic (exact) mass is 210 g/mol. The van der Waals surface area contributed by atoms with E-state index in [1.165, 1.54) is 5.56 Å². The highest BCUT2D eigenvalue weighted by Gasteiger charge is 1.99. The summed E-state index contributed by atoms with van der Waals surface area (Å²) < 4.78 is 0. The maximum atomic E-state index is 9.64. The van der Waals surface area contributed by atoms with Crippen molar-refractivity contribution in [3.8, 4) is 0 Å². The Morgan fingerprint density at radius 1 is 1.13 bits per heavy atom. The SMILES string of the molecule is CC(=O)C(O)O.CC(C)c1ccccc1. The van der Waals surface area contributed by atoms with Gasteiger partial charge in [-0.15, -0.1) is 0 Å². The molecule has 0 fully saturated rings. The molecule has 0 radical (unpaired) electrons. The Balaban J connectivity index is 0.000000288. The maximum absolute atomic E-state index is 9.64. The van der Waals surface area contributed by atoms with Crippen LogP contribution < -0.4 is 0 Å². The van der Waals surface area contributed by atoms with Gasteiger partial charge in [0, 0.05) is 0 Å². The minimum Gasteiger partial charge on any atom is -0.362 e. The number of carbonyl (C=O) groups is 1. The van der Waals surface area contributed by atoms with Gasteiger partial charge in [0.1, 0.15) is 0 Å². The highest BCUT2D eigenvalue weighted by atomic mass is 16.5. The van der Waals surface area contributed by atoms with Crippen molar-refractivity contribution in [1.82, 2.24) is 0 Å². The first-order chi connectivity index (χ1) is 6.95. The molecule has 0 saturated carbocycles. The highest BCUT2D eigenvalue weighted by Crippen LogP contribution is 2.11. The Labute approximate surface area is 90.4 Å². The van der Waals surface area contributed by atoms with Crippen LogP contribution in [-0.2, 0) is 4.79 Å². The molecule has 15 heavy (non-hydrogen) atoms. The van der Waals surface area contributed by atoms with E-state index in [9.17, 15) is 4.79 Å². The molecule has 2 N–H and O–H groups in total. The molecule has 0 spiro atoms. The van der Waals surface area contributed by atoms with Gasteiger partial charge in [0.2, 0.25) is 6.29 Å². The molecular formula is C12H18O3. The smallest absolute Gasteiger partial charge is 0.212 e. The Morgan fingerprint density at radius 2 is 1.53 bits per heavy atom. The summed E-state index contributed by atoms with van der Waals surface area (Å²) in [7, 11) is 0. The van der Waals surface area contributed by atoms with Crippen LogP contribution in [0.3, 0.4) is 0 Å². The van der Waals surface area contributed by atoms with Gasteiger partial charge < -0.3 is 10.2 Å². The fraction of sp³-hybridized carbons (Fsp3) is 0.417. The number of aliphatic hydroxyl groups is 2. The molecular weight excluding hydrogens is 192 g/mol. The Bertz CT molecular complexity index is 278. The number of rotatable bonds is 2. The lowest BCUT2D eigenvalue weighted by Gasteiger charge is -2.01. The fourth-order valence-corrected chi connectivity index (χ4v) is 0.838. The first-order valence-corrected chi connectivity index (χ1v) is 4.86. The van der Waals surface area contributed by atoms with E-state index in [-0.39, 0.29) is 0 Å². The molecule has 84 valence electrons. The molecule has 0 unspecified atom stereocenters. The molecule has 0 bridgehead atoms. The van der Waals surface area contributed by atoms with Gasteiger partial charge in [0.05, 0.1) is 0 Å². The predicted molar refractivity (Wildman–Crippen MR) is 59.4 cm³/mol. The lowest BCUT2D eigenvalue weighted by molar-refractivity contribution is -0.142. The highest BCUT2D eigenvalue weighted by molar-refractivity contribution is 5.78. The van der Waals surface area contributed by atoms with Gasteiger partial charge in [-0.3, -0.25) is 4.79 Å². The van der Waals surface area contributed by atoms with Crippen LogP contribution in [0.5, 0.6) is 0 Å². The van der Waals surface area contributed by atoms with Crippen molar-refractivity contribution < 1.29 is 15.0 Å². The van der Waals surface area contributed by atoms with E-state index in [0.717, 1.165) is 6.92 Å². The normalized spacial score (nSPS) is 9.80. The van der Waals surface area contributed by atoms with Crippen molar-refractivity contribution in [3.05, 3.63) is 35.9 Å². The first-order valence-electron chi connectivity index (χ1n) is 4.86. The quantitative estimate of drug-likeness (QED) is 0.730. The molecule has 0 aliphatic carbocycles. The molecule has 3 heteroatoms. The minimum atomic E-state index is -1.79. The van der Waals surface area contributed by atoms with Crippen molar-refractivity contribution in [2.24, 2.45) is 0 Å². The van der Waals surface area contributed by atoms with E-state index in [1.54, 1.807) is 0 Å². The number of carbonyl (C=O) groups excluding carboxylic acids is 1. The predicted octanol–water partition coefficient (Wildman–Crippen LogP) is 1.70. The molecule has 0 amide bonds. The molecule has 0 atom stereocenters. The number of benzene rings is 1. The average molecular weight is 210 g/mol. The van der Waals surface area contributed by atoms with Crippen LogP contribution in [0.4, 0.5) is 0 Å². The summed E-state index contributed by atoms with van der Waals surface area (Å²) >= 11 is 0. The van der Waals surface area contributed by atoms with Crippen molar-refractivity contribution in [2.75, 3.05) is 0 Å². The summed E-state index contributed by atoms with van der Waals surface area (Å²) in [5.74, 6) is 0.0289. The molecule has 0 aliphatic heterocycles. The van der Waals surface area contributed by atoms with E-state index in [2.05, 4.69) is 38.1 Å². The van der Waals surface area contributed by atoms with Crippen molar-refractivity contribution >= 4 is 5.78 Å². The van der Waals surface area contributed by atoms with Crippen LogP contribution in [0.15, 0.2) is 30.3 Å². The second-order valence-corrected chi connectivity index (χ2v) is 3.55. The third-order valence-corrected chi connectivity index (χ3v) is 1.83. The summed E-state index contributed by atoms with van der Waals surface area (Å²) in [5.41, 5.74) is 1.41. The van der Waals surface area contributed by atoms with Crippen LogP contribution in [0.2, 0.25) is 0 Å². The van der Waals surface area contributed by atoms with E-state index in [4.69, 9.17) is 10.2 Å². The summed E-state index contributed by atoms with van der Waals surface area (Å²) in [6, 6.07) is 10.5. The van der Waals surface area contributed by atoms with Gasteiger partial charge in [0.15, 0.2) is 5.78 Å². The Kier molecular flexibility index (Phi) is 6.58. The minimum absolute atomic E-state index is 0.630. The van der Waals surface area contributed by atoms with Crippen LogP contribution >= 0.6 is 0 Å². The van der Waals surface area contributed by atoms with Crippen LogP contribution in [-0.4, -0.2) is 22.3 Å². The van der Waals surface area contributed by atoms with Crippen LogP contribution in [0.25, 0.3) is 0 Å². The standard InChI is InChI=1S/C9H12.C3H6O3/c1-8(2)9-6-4-3-5-7-9;1-2(4)3(5)6/h3-8H,1-2H3;3,5-6H,1H3. The topological polar surface area (TPSA) is 57.5 Å². The average Bonchev–Trinajstić information content (AvgIpc) is 2.20. The molecule has 0 heterocycles. The van der Waals surface area contributed by atoms with Gasteiger partial charge in [0.25, 0.3) is 0 Å². The van der Waals surface area contributed by atoms with Gasteiger partial charge in [-0.2, -0.15) is 0 Å². The second-order valence-electron chi connectivity index (χ2n) is 3.55. The van der Waals surface area contributed by atoms with Crippen molar-refractivity contribution in [1.29, 1.82) is 0 Å². The summed E-state index contributed by atoms with van der Waals surface area (Å²) in [6.07, 6.45) is -1.79. The molecule has 1 rings (SSSR count). The number of Topliss-reactive ketones (excluding diaryl/α,β-unsaturated/α-hetero) is 1. The third-order valence-electron chi connectivity index (χ3n) is 1.83. The van der Waals surface area contributed by atoms with Crippen LogP contribution in [0, 0.1) is 0 Å². The molecule has 0 aliphatic rings. The fourth-order valence-electron chi connectivity index (χ4n) is 0.838. The zero-order valence-corrected chi connectivity index (χ0v) is 9.34. The van der Waals surface area contributed by atoms with Crippen molar-refractivity contribution in [2.45, 2.75) is 33.0 Å². The molecule has 1 aromatic carbocycles. The third kappa shape index (κ3) is 6.82. The number of ketones is 1. The van der Waals surface area contributed by atoms with Crippen LogP contribution in [0.1, 0.15) is 32.3 Å². The second kappa shape index (κ2) is 7.15. The van der Waals surface area contributed by atoms with Gasteiger partial charge >= 0.3 is 0 Å². The molecule has 3 nitrogen and oxygen atoms in total. The summed E-state index contributed by atoms with van der Waals surface area (Å²) in [6.45, 7) is 5.51. The first kappa shape index (κ1) is 13.8. The largest absolute Gasteiger partial charge is 0.362 e. The summed E-state index contributed by atoms with van der Waals surface area (Å²) in [4.78, 5) is 9.64. The van der Waals surface area contributed by atoms with E-state index in [0.29, 0.717) is 5.92 Å². The van der Waals surface area contributed by atoms with E-state index >= 15 is 0 Å². The Morgan fingerprint density at radius 3 is 1.73 bits per heavy atom. The lowest BCUT2D eigenvalue weighted by Crippen LogP contribution is -2.14. The van der Waals surface area contributed by atoms with Crippen molar-refractivity contribution in [3.63, 3.8) is 0 Å². The molecule has 0 aromatic heterocycles. The Hall–Kier alpha value is -1.19. The summed E-state index contributed by atoms with van der Waals surface area (Å²) in [5, 5.41) is 15.7. The maximum Gasteiger partial charge on any atom is 0.212 e. The lowest BCUT2D eigenvalue weighted by atomic mass is 10.0. The molecule has 0 saturated heterocycles. The van der Waals surface area contributed by atoms with E-state index in [1.807, 2.05) is 6.07 Å².